The number of nitro benzene ring substituents is 1. The topological polar surface area (TPSA) is 160 Å². The van der Waals surface area contributed by atoms with Crippen LogP contribution >= 0.6 is 0 Å². The van der Waals surface area contributed by atoms with E-state index in [1.54, 1.807) is 17.0 Å². The summed E-state index contributed by atoms with van der Waals surface area (Å²) < 4.78 is 15.0. The molecule has 0 saturated carbocycles. The lowest BCUT2D eigenvalue weighted by atomic mass is 10.1. The van der Waals surface area contributed by atoms with Gasteiger partial charge in [-0.2, -0.15) is 0 Å². The van der Waals surface area contributed by atoms with Gasteiger partial charge in [0.1, 0.15) is 19.0 Å². The number of ether oxygens (including phenoxy) is 3. The lowest BCUT2D eigenvalue weighted by Crippen LogP contribution is -2.49. The first-order valence-corrected chi connectivity index (χ1v) is 10.2. The Balaban J connectivity index is 1.60. The Hall–Kier alpha value is -4.35. The third-order valence-corrected chi connectivity index (χ3v) is 5.08. The minimum atomic E-state index is -1.01. The van der Waals surface area contributed by atoms with Crippen LogP contribution in [0.5, 0.6) is 5.75 Å². The number of carbonyl (C=O) groups excluding carboxylic acids is 2. The van der Waals surface area contributed by atoms with Crippen LogP contribution in [0, 0.1) is 10.1 Å². The zero-order valence-corrected chi connectivity index (χ0v) is 18.3. The van der Waals surface area contributed by atoms with Crippen LogP contribution in [0.4, 0.5) is 21.9 Å². The Kier molecular flexibility index (Phi) is 8.21. The average molecular weight is 470 g/mol. The van der Waals surface area contributed by atoms with Gasteiger partial charge >= 0.3 is 6.16 Å². The second kappa shape index (κ2) is 11.5. The molecule has 13 heteroatoms. The molecule has 178 valence electrons. The van der Waals surface area contributed by atoms with Crippen LogP contribution in [-0.2, 0) is 20.9 Å². The van der Waals surface area contributed by atoms with E-state index in [0.29, 0.717) is 37.4 Å². The monoisotopic (exact) mass is 470 g/mol. The van der Waals surface area contributed by atoms with Crippen LogP contribution in [0.3, 0.4) is 0 Å². The Morgan fingerprint density at radius 1 is 1.15 bits per heavy atom. The fourth-order valence-corrected chi connectivity index (χ4v) is 3.34. The number of non-ortho nitro benzene ring substituents is 1. The molecule has 1 fully saturated rings. The zero-order valence-electron chi connectivity index (χ0n) is 18.3. The van der Waals surface area contributed by atoms with Gasteiger partial charge in [0.05, 0.1) is 4.92 Å². The molecular formula is C21H22N6O7. The first-order valence-electron chi connectivity index (χ1n) is 10.2. The van der Waals surface area contributed by atoms with Crippen LogP contribution in [-0.4, -0.2) is 61.8 Å². The Bertz CT molecular complexity index is 1090. The van der Waals surface area contributed by atoms with E-state index >= 15 is 0 Å². The maximum absolute atomic E-state index is 12.0. The van der Waals surface area contributed by atoms with Crippen molar-refractivity contribution in [3.8, 4) is 5.75 Å². The number of hydrogen-bond acceptors (Lipinski definition) is 9. The van der Waals surface area contributed by atoms with Crippen molar-refractivity contribution in [3.63, 3.8) is 0 Å². The molecule has 0 spiro atoms. The van der Waals surface area contributed by atoms with Crippen LogP contribution in [0.25, 0.3) is 10.4 Å². The lowest BCUT2D eigenvalue weighted by molar-refractivity contribution is -0.384. The van der Waals surface area contributed by atoms with Crippen LogP contribution in [0.1, 0.15) is 5.56 Å². The number of amides is 1. The van der Waals surface area contributed by atoms with Gasteiger partial charge in [-0.05, 0) is 35.4 Å². The molecule has 1 aliphatic rings. The van der Waals surface area contributed by atoms with Gasteiger partial charge in [-0.3, -0.25) is 14.9 Å². The van der Waals surface area contributed by atoms with E-state index in [0.717, 1.165) is 5.69 Å². The molecule has 1 amide bonds. The van der Waals surface area contributed by atoms with E-state index in [1.807, 2.05) is 6.07 Å². The Labute approximate surface area is 194 Å². The fraction of sp³-hybridized carbons (Fsp3) is 0.333. The lowest BCUT2D eigenvalue weighted by Gasteiger charge is -2.36. The first kappa shape index (κ1) is 24.3. The number of carbonyl (C=O) groups is 2. The van der Waals surface area contributed by atoms with Gasteiger partial charge < -0.3 is 24.0 Å². The number of hydrogen-bond donors (Lipinski definition) is 0. The summed E-state index contributed by atoms with van der Waals surface area (Å²) in [6.07, 6.45) is -1.01. The smallest absolute Gasteiger partial charge is 0.429 e. The van der Waals surface area contributed by atoms with Crippen LogP contribution < -0.4 is 9.64 Å². The summed E-state index contributed by atoms with van der Waals surface area (Å²) in [5, 5.41) is 14.4. The number of azide groups is 1. The largest absolute Gasteiger partial charge is 0.514 e. The third-order valence-electron chi connectivity index (χ3n) is 5.08. The second-order valence-electron chi connectivity index (χ2n) is 7.20. The number of piperazine rings is 1. The Morgan fingerprint density at radius 2 is 1.85 bits per heavy atom. The van der Waals surface area contributed by atoms with Crippen molar-refractivity contribution in [1.82, 2.24) is 4.90 Å². The fourth-order valence-electron chi connectivity index (χ4n) is 3.34. The molecule has 0 bridgehead atoms. The highest BCUT2D eigenvalue weighted by atomic mass is 16.7. The first-order chi connectivity index (χ1) is 16.4. The van der Waals surface area contributed by atoms with E-state index < -0.39 is 11.1 Å². The minimum absolute atomic E-state index is 0.0440. The summed E-state index contributed by atoms with van der Waals surface area (Å²) in [5.74, 6) is 0.0226. The van der Waals surface area contributed by atoms with Crippen molar-refractivity contribution in [1.29, 1.82) is 0 Å². The molecule has 1 saturated heterocycles. The van der Waals surface area contributed by atoms with Crippen LogP contribution in [0.15, 0.2) is 47.6 Å². The predicted molar refractivity (Wildman–Crippen MR) is 120 cm³/mol. The quantitative estimate of drug-likeness (QED) is 0.108. The van der Waals surface area contributed by atoms with Gasteiger partial charge in [-0.1, -0.05) is 11.2 Å². The van der Waals surface area contributed by atoms with Crippen molar-refractivity contribution >= 4 is 29.1 Å². The van der Waals surface area contributed by atoms with Crippen molar-refractivity contribution in [2.75, 3.05) is 44.8 Å². The van der Waals surface area contributed by atoms with Gasteiger partial charge in [0, 0.05) is 61.7 Å². The highest BCUT2D eigenvalue weighted by molar-refractivity contribution is 5.77. The number of anilines is 1. The highest BCUT2D eigenvalue weighted by Crippen LogP contribution is 2.28. The molecule has 0 atom stereocenters. The van der Waals surface area contributed by atoms with Crippen molar-refractivity contribution < 1.29 is 28.7 Å². The third kappa shape index (κ3) is 6.34. The number of nitrogens with zero attached hydrogens (tertiary/aromatic N) is 6. The molecule has 0 N–H and O–H groups in total. The molecule has 1 aliphatic heterocycles. The van der Waals surface area contributed by atoms with E-state index in [1.165, 1.54) is 31.4 Å². The van der Waals surface area contributed by atoms with E-state index in [9.17, 15) is 19.7 Å². The minimum Gasteiger partial charge on any atom is -0.429 e. The molecule has 0 aromatic heterocycles. The number of rotatable bonds is 8. The number of methoxy groups -OCH3 is 1. The summed E-state index contributed by atoms with van der Waals surface area (Å²) >= 11 is 0. The molecular weight excluding hydrogens is 448 g/mol. The summed E-state index contributed by atoms with van der Waals surface area (Å²) in [5.41, 5.74) is 10.4. The second-order valence-corrected chi connectivity index (χ2v) is 7.20. The molecule has 1 heterocycles. The van der Waals surface area contributed by atoms with E-state index in [2.05, 4.69) is 14.9 Å². The molecule has 2 aromatic carbocycles. The predicted octanol–water partition coefficient (Wildman–Crippen LogP) is 3.55. The molecule has 0 unspecified atom stereocenters. The molecule has 3 rings (SSSR count). The number of benzene rings is 2. The molecule has 13 nitrogen and oxygen atoms in total. The number of nitro groups is 1. The van der Waals surface area contributed by atoms with Crippen molar-refractivity contribution in [2.45, 2.75) is 6.61 Å². The zero-order chi connectivity index (χ0) is 24.5. The van der Waals surface area contributed by atoms with Crippen molar-refractivity contribution in [3.05, 3.63) is 68.6 Å². The maximum atomic E-state index is 12.0. The Morgan fingerprint density at radius 3 is 2.47 bits per heavy atom. The van der Waals surface area contributed by atoms with Gasteiger partial charge in [0.25, 0.3) is 5.69 Å². The van der Waals surface area contributed by atoms with E-state index in [4.69, 9.17) is 19.7 Å². The van der Waals surface area contributed by atoms with E-state index in [-0.39, 0.29) is 30.6 Å². The molecule has 2 aromatic rings. The molecule has 34 heavy (non-hydrogen) atoms. The summed E-state index contributed by atoms with van der Waals surface area (Å²) in [6, 6.07) is 10.1. The van der Waals surface area contributed by atoms with Crippen molar-refractivity contribution in [2.24, 2.45) is 5.11 Å². The SMILES string of the molecule is COCC(=O)N1CCN(c2ccc(COC(=O)Oc3ccc([N+](=O)[O-])cc3)c(N=[N+]=[N-])c2)CC1. The summed E-state index contributed by atoms with van der Waals surface area (Å²) in [7, 11) is 1.48. The summed E-state index contributed by atoms with van der Waals surface area (Å²) in [6.45, 7) is 2.12. The van der Waals surface area contributed by atoms with Crippen LogP contribution in [0.2, 0.25) is 0 Å². The highest BCUT2D eigenvalue weighted by Gasteiger charge is 2.21. The molecule has 0 aliphatic carbocycles. The molecule has 0 radical (unpaired) electrons. The standard InChI is InChI=1S/C21H22N6O7/c1-32-14-20(28)26-10-8-25(9-11-26)17-3-2-15(19(12-17)23-24-22)13-33-21(29)34-18-6-4-16(5-7-18)27(30)31/h2-7,12H,8-11,13-14H2,1H3. The average Bonchev–Trinajstić information content (AvgIpc) is 2.84. The van der Waals surface area contributed by atoms with Gasteiger partial charge in [0.15, 0.2) is 0 Å². The van der Waals surface area contributed by atoms with Gasteiger partial charge in [-0.15, -0.1) is 0 Å². The summed E-state index contributed by atoms with van der Waals surface area (Å²) in [4.78, 5) is 40.7. The normalized spacial score (nSPS) is 13.1. The van der Waals surface area contributed by atoms with Gasteiger partial charge in [0.2, 0.25) is 5.91 Å². The van der Waals surface area contributed by atoms with Gasteiger partial charge in [-0.25, -0.2) is 4.79 Å². The maximum Gasteiger partial charge on any atom is 0.514 e.